The Kier molecular flexibility index (Phi) is 6.57. The zero-order chi connectivity index (χ0) is 16.2. The molecule has 2 aromatic carbocycles. The highest BCUT2D eigenvalue weighted by Gasteiger charge is 2.15. The van der Waals surface area contributed by atoms with Crippen LogP contribution >= 0.6 is 11.3 Å². The van der Waals surface area contributed by atoms with Crippen LogP contribution in [0, 0.1) is 0 Å². The molecule has 0 aliphatic heterocycles. The van der Waals surface area contributed by atoms with Crippen molar-refractivity contribution in [1.82, 2.24) is 0 Å². The first-order valence-electron chi connectivity index (χ1n) is 7.63. The minimum atomic E-state index is 0. The zero-order valence-corrected chi connectivity index (χ0v) is 17.1. The second-order valence-corrected chi connectivity index (χ2v) is 6.59. The fraction of sp³-hybridized carbons (Fsp3) is 0.150. The summed E-state index contributed by atoms with van der Waals surface area (Å²) in [5.74, 6) is 0. The van der Waals surface area contributed by atoms with Gasteiger partial charge in [-0.25, -0.2) is 0 Å². The summed E-state index contributed by atoms with van der Waals surface area (Å²) in [5.41, 5.74) is 4.93. The van der Waals surface area contributed by atoms with Crippen LogP contribution in [0.3, 0.4) is 0 Å². The highest BCUT2D eigenvalue weighted by atomic mass is 127. The molecule has 0 N–H and O–H groups in total. The van der Waals surface area contributed by atoms with E-state index in [1.54, 1.807) is 11.3 Å². The first-order valence-corrected chi connectivity index (χ1v) is 8.51. The number of rotatable bonds is 4. The number of aromatic nitrogens is 1. The first-order chi connectivity index (χ1) is 11.1. The lowest BCUT2D eigenvalue weighted by Crippen LogP contribution is -3.00. The van der Waals surface area contributed by atoms with E-state index in [-0.39, 0.29) is 24.0 Å². The van der Waals surface area contributed by atoms with Crippen molar-refractivity contribution in [3.63, 3.8) is 0 Å². The van der Waals surface area contributed by atoms with Gasteiger partial charge in [0.25, 0.3) is 5.01 Å². The van der Waals surface area contributed by atoms with Gasteiger partial charge in [0.2, 0.25) is 5.69 Å². The Bertz CT molecular complexity index is 805. The van der Waals surface area contributed by atoms with Crippen LogP contribution in [-0.2, 0) is 7.05 Å². The quantitative estimate of drug-likeness (QED) is 0.434. The third-order valence-electron chi connectivity index (χ3n) is 3.88. The Morgan fingerprint density at radius 2 is 1.58 bits per heavy atom. The Morgan fingerprint density at radius 3 is 2.21 bits per heavy atom. The number of nitrogens with zero attached hydrogens (tertiary/aromatic N) is 2. The Morgan fingerprint density at radius 1 is 0.917 bits per heavy atom. The number of halogens is 1. The molecule has 0 spiro atoms. The molecule has 2 nitrogen and oxygen atoms in total. The van der Waals surface area contributed by atoms with Gasteiger partial charge >= 0.3 is 0 Å². The molecule has 3 aromatic rings. The molecule has 0 radical (unpaired) electrons. The predicted molar refractivity (Wildman–Crippen MR) is 101 cm³/mol. The topological polar surface area (TPSA) is 7.12 Å². The molecule has 1 heterocycles. The lowest BCUT2D eigenvalue weighted by Gasteiger charge is -2.11. The SMILES string of the molecule is CN(C)c1ccc(/C=C/c2scc(-c3ccccc3)[n+]2C)cc1.[I-]. The maximum Gasteiger partial charge on any atom is 0.261 e. The number of thiazole rings is 1. The number of hydrogen-bond acceptors (Lipinski definition) is 2. The molecule has 0 amide bonds. The number of anilines is 1. The Hall–Kier alpha value is -1.66. The van der Waals surface area contributed by atoms with Crippen LogP contribution in [0.25, 0.3) is 23.4 Å². The fourth-order valence-corrected chi connectivity index (χ4v) is 3.40. The minimum absolute atomic E-state index is 0. The van der Waals surface area contributed by atoms with Gasteiger partial charge in [0.1, 0.15) is 7.05 Å². The molecule has 0 saturated heterocycles. The molecule has 0 fully saturated rings. The number of benzene rings is 2. The summed E-state index contributed by atoms with van der Waals surface area (Å²) in [6, 6.07) is 19.1. The average molecular weight is 448 g/mol. The van der Waals surface area contributed by atoms with Crippen LogP contribution in [-0.4, -0.2) is 14.1 Å². The maximum atomic E-state index is 2.24. The first kappa shape index (κ1) is 18.7. The van der Waals surface area contributed by atoms with Gasteiger partial charge in [0.15, 0.2) is 0 Å². The summed E-state index contributed by atoms with van der Waals surface area (Å²) in [5, 5.41) is 3.45. The van der Waals surface area contributed by atoms with Gasteiger partial charge in [-0.2, -0.15) is 4.57 Å². The molecule has 0 unspecified atom stereocenters. The molecular weight excluding hydrogens is 427 g/mol. The Balaban J connectivity index is 0.00000208. The van der Waals surface area contributed by atoms with Crippen LogP contribution in [0.5, 0.6) is 0 Å². The van der Waals surface area contributed by atoms with E-state index < -0.39 is 0 Å². The van der Waals surface area contributed by atoms with Crippen molar-refractivity contribution >= 4 is 29.2 Å². The van der Waals surface area contributed by atoms with E-state index >= 15 is 0 Å². The van der Waals surface area contributed by atoms with Gasteiger partial charge in [0.05, 0.1) is 5.38 Å². The highest BCUT2D eigenvalue weighted by molar-refractivity contribution is 7.10. The second-order valence-electron chi connectivity index (χ2n) is 5.70. The van der Waals surface area contributed by atoms with Crippen LogP contribution in [0.4, 0.5) is 5.69 Å². The van der Waals surface area contributed by atoms with Crippen molar-refractivity contribution in [1.29, 1.82) is 0 Å². The van der Waals surface area contributed by atoms with E-state index in [0.717, 1.165) is 0 Å². The molecule has 0 atom stereocenters. The Labute approximate surface area is 165 Å². The average Bonchev–Trinajstić information content (AvgIpc) is 2.95. The van der Waals surface area contributed by atoms with Gasteiger partial charge in [-0.05, 0) is 35.9 Å². The van der Waals surface area contributed by atoms with Crippen molar-refractivity contribution in [2.45, 2.75) is 0 Å². The molecule has 0 aliphatic rings. The van der Waals surface area contributed by atoms with Crippen LogP contribution in [0.15, 0.2) is 60.0 Å². The molecule has 0 aliphatic carbocycles. The summed E-state index contributed by atoms with van der Waals surface area (Å²) < 4.78 is 2.24. The third kappa shape index (κ3) is 4.24. The maximum absolute atomic E-state index is 2.24. The van der Waals surface area contributed by atoms with Gasteiger partial charge in [-0.3, -0.25) is 0 Å². The van der Waals surface area contributed by atoms with Crippen molar-refractivity contribution < 1.29 is 28.5 Å². The molecule has 1 aromatic heterocycles. The van der Waals surface area contributed by atoms with Crippen LogP contribution < -0.4 is 33.4 Å². The fourth-order valence-electron chi connectivity index (χ4n) is 2.47. The summed E-state index contributed by atoms with van der Waals surface area (Å²) >= 11 is 1.77. The third-order valence-corrected chi connectivity index (χ3v) is 4.87. The molecule has 4 heteroatoms. The smallest absolute Gasteiger partial charge is 0.261 e. The summed E-state index contributed by atoms with van der Waals surface area (Å²) in [6.07, 6.45) is 4.35. The lowest BCUT2D eigenvalue weighted by atomic mass is 10.2. The van der Waals surface area contributed by atoms with Crippen molar-refractivity contribution in [3.05, 3.63) is 70.5 Å². The van der Waals surface area contributed by atoms with E-state index in [2.05, 4.69) is 96.7 Å². The van der Waals surface area contributed by atoms with E-state index in [9.17, 15) is 0 Å². The molecule has 0 bridgehead atoms. The van der Waals surface area contributed by atoms with E-state index in [1.165, 1.54) is 27.5 Å². The minimum Gasteiger partial charge on any atom is -1.00 e. The summed E-state index contributed by atoms with van der Waals surface area (Å²) in [4.78, 5) is 2.11. The lowest BCUT2D eigenvalue weighted by molar-refractivity contribution is -0.657. The normalized spacial score (nSPS) is 10.6. The summed E-state index contributed by atoms with van der Waals surface area (Å²) in [7, 11) is 6.23. The second kappa shape index (κ2) is 8.44. The highest BCUT2D eigenvalue weighted by Crippen LogP contribution is 2.21. The van der Waals surface area contributed by atoms with Crippen LogP contribution in [0.2, 0.25) is 0 Å². The van der Waals surface area contributed by atoms with E-state index in [1.807, 2.05) is 6.07 Å². The predicted octanol–water partition coefficient (Wildman–Crippen LogP) is 1.48. The van der Waals surface area contributed by atoms with Crippen molar-refractivity contribution in [2.75, 3.05) is 19.0 Å². The molecular formula is C20H21IN2S. The molecule has 124 valence electrons. The van der Waals surface area contributed by atoms with Gasteiger partial charge < -0.3 is 28.9 Å². The monoisotopic (exact) mass is 448 g/mol. The molecule has 3 rings (SSSR count). The zero-order valence-electron chi connectivity index (χ0n) is 14.1. The van der Waals surface area contributed by atoms with Crippen molar-refractivity contribution in [2.24, 2.45) is 7.05 Å². The molecule has 24 heavy (non-hydrogen) atoms. The summed E-state index contributed by atoms with van der Waals surface area (Å²) in [6.45, 7) is 0. The van der Waals surface area contributed by atoms with Gasteiger partial charge in [-0.15, -0.1) is 0 Å². The number of hydrogen-bond donors (Lipinski definition) is 0. The largest absolute Gasteiger partial charge is 1.00 e. The van der Waals surface area contributed by atoms with E-state index in [0.29, 0.717) is 0 Å². The van der Waals surface area contributed by atoms with Gasteiger partial charge in [-0.1, -0.05) is 41.7 Å². The van der Waals surface area contributed by atoms with Crippen molar-refractivity contribution in [3.8, 4) is 11.3 Å². The van der Waals surface area contributed by atoms with E-state index in [4.69, 9.17) is 0 Å². The standard InChI is InChI=1S/C20H21N2S.HI/c1-21(2)18-12-9-16(10-13-18)11-14-20-22(3)19(15-23-20)17-7-5-4-6-8-17;/h4-15H,1-3H3;1H/q+1;/p-1. The molecule has 0 saturated carbocycles. The van der Waals surface area contributed by atoms with Gasteiger partial charge in [0, 0.05) is 31.4 Å². The van der Waals surface area contributed by atoms with Crippen LogP contribution in [0.1, 0.15) is 10.6 Å².